The summed E-state index contributed by atoms with van der Waals surface area (Å²) in [4.78, 5) is -0.498. The van der Waals surface area contributed by atoms with E-state index in [2.05, 4.69) is 0 Å². The van der Waals surface area contributed by atoms with E-state index in [-0.39, 0.29) is 9.80 Å². The predicted molar refractivity (Wildman–Crippen MR) is 91.1 cm³/mol. The van der Waals surface area contributed by atoms with Gasteiger partial charge in [0.1, 0.15) is 16.8 Å². The highest BCUT2D eigenvalue weighted by Crippen LogP contribution is 2.25. The number of fused-ring (bicyclic) bond motifs is 1. The van der Waals surface area contributed by atoms with Crippen molar-refractivity contribution in [1.29, 1.82) is 5.26 Å². The fraction of sp³-hybridized carbons (Fsp3) is 0. The summed E-state index contributed by atoms with van der Waals surface area (Å²) in [5.41, 5.74) is 0.635. The second-order valence-electron chi connectivity index (χ2n) is 5.15. The van der Waals surface area contributed by atoms with Crippen molar-refractivity contribution in [3.05, 3.63) is 83.0 Å². The summed E-state index contributed by atoms with van der Waals surface area (Å²) in [7, 11) is -4.00. The standard InChI is InChI=1S/C19H12FNO2S/c20-16-8-10-17(11-9-16)24(22,23)18(13-21)12-15-6-3-5-14-4-1-2-7-19(14)15/h1-12H. The lowest BCUT2D eigenvalue weighted by Crippen LogP contribution is -2.03. The van der Waals surface area contributed by atoms with Crippen molar-refractivity contribution >= 4 is 26.7 Å². The fourth-order valence-electron chi connectivity index (χ4n) is 2.43. The molecule has 3 rings (SSSR count). The van der Waals surface area contributed by atoms with E-state index in [1.807, 2.05) is 30.3 Å². The minimum absolute atomic E-state index is 0.114. The molecule has 0 spiro atoms. The summed E-state index contributed by atoms with van der Waals surface area (Å²) in [6, 6.07) is 19.1. The molecule has 0 aromatic heterocycles. The van der Waals surface area contributed by atoms with Crippen LogP contribution in [0.3, 0.4) is 0 Å². The van der Waals surface area contributed by atoms with E-state index in [1.54, 1.807) is 18.2 Å². The van der Waals surface area contributed by atoms with Crippen LogP contribution in [0, 0.1) is 17.1 Å². The molecule has 0 N–H and O–H groups in total. The first kappa shape index (κ1) is 15.9. The van der Waals surface area contributed by atoms with Gasteiger partial charge in [-0.25, -0.2) is 12.8 Å². The molecule has 0 radical (unpaired) electrons. The first-order valence-electron chi connectivity index (χ1n) is 7.12. The molecule has 0 saturated heterocycles. The Labute approximate surface area is 139 Å². The Morgan fingerprint density at radius 2 is 1.62 bits per heavy atom. The van der Waals surface area contributed by atoms with Crippen molar-refractivity contribution in [3.63, 3.8) is 0 Å². The molecule has 24 heavy (non-hydrogen) atoms. The molecular formula is C19H12FNO2S. The summed E-state index contributed by atoms with van der Waals surface area (Å²) in [5, 5.41) is 11.1. The summed E-state index contributed by atoms with van der Waals surface area (Å²) in [6.07, 6.45) is 1.35. The predicted octanol–water partition coefficient (Wildman–Crippen LogP) is 4.32. The smallest absolute Gasteiger partial charge is 0.216 e. The van der Waals surface area contributed by atoms with Crippen molar-refractivity contribution in [2.75, 3.05) is 0 Å². The molecule has 0 amide bonds. The highest BCUT2D eigenvalue weighted by atomic mass is 32.2. The number of sulfone groups is 1. The van der Waals surface area contributed by atoms with Gasteiger partial charge in [0, 0.05) is 0 Å². The third kappa shape index (κ3) is 2.92. The van der Waals surface area contributed by atoms with Crippen molar-refractivity contribution in [3.8, 4) is 6.07 Å². The van der Waals surface area contributed by atoms with Crippen LogP contribution in [0.15, 0.2) is 76.5 Å². The Morgan fingerprint density at radius 1 is 0.958 bits per heavy atom. The number of hydrogen-bond acceptors (Lipinski definition) is 3. The van der Waals surface area contributed by atoms with Gasteiger partial charge in [-0.15, -0.1) is 0 Å². The Balaban J connectivity index is 2.16. The van der Waals surface area contributed by atoms with Gasteiger partial charge < -0.3 is 0 Å². The lowest BCUT2D eigenvalue weighted by atomic mass is 10.0. The van der Waals surface area contributed by atoms with Gasteiger partial charge in [-0.2, -0.15) is 5.26 Å². The molecule has 0 aliphatic rings. The van der Waals surface area contributed by atoms with Crippen LogP contribution in [0.25, 0.3) is 16.8 Å². The van der Waals surface area contributed by atoms with Crippen molar-refractivity contribution in [2.45, 2.75) is 4.90 Å². The van der Waals surface area contributed by atoms with Crippen LogP contribution in [0.5, 0.6) is 0 Å². The minimum Gasteiger partial charge on any atom is -0.218 e. The summed E-state index contributed by atoms with van der Waals surface area (Å²) in [6.45, 7) is 0. The molecule has 3 aromatic rings. The number of halogens is 1. The van der Waals surface area contributed by atoms with E-state index in [0.717, 1.165) is 35.0 Å². The van der Waals surface area contributed by atoms with E-state index in [0.29, 0.717) is 5.56 Å². The molecule has 0 unspecified atom stereocenters. The fourth-order valence-corrected chi connectivity index (χ4v) is 3.58. The molecule has 0 atom stereocenters. The normalized spacial score (nSPS) is 12.1. The van der Waals surface area contributed by atoms with Crippen LogP contribution in [-0.4, -0.2) is 8.42 Å². The largest absolute Gasteiger partial charge is 0.218 e. The van der Waals surface area contributed by atoms with E-state index in [4.69, 9.17) is 0 Å². The van der Waals surface area contributed by atoms with Gasteiger partial charge >= 0.3 is 0 Å². The number of benzene rings is 3. The zero-order valence-corrected chi connectivity index (χ0v) is 13.3. The summed E-state index contributed by atoms with van der Waals surface area (Å²) < 4.78 is 38.2. The molecule has 0 fully saturated rings. The first-order valence-corrected chi connectivity index (χ1v) is 8.61. The zero-order valence-electron chi connectivity index (χ0n) is 12.5. The molecule has 3 nitrogen and oxygen atoms in total. The Morgan fingerprint density at radius 3 is 2.33 bits per heavy atom. The maximum atomic E-state index is 13.0. The van der Waals surface area contributed by atoms with Gasteiger partial charge in [0.25, 0.3) is 0 Å². The number of rotatable bonds is 3. The highest BCUT2D eigenvalue weighted by Gasteiger charge is 2.21. The van der Waals surface area contributed by atoms with Gasteiger partial charge in [-0.1, -0.05) is 42.5 Å². The molecule has 5 heteroatoms. The van der Waals surface area contributed by atoms with Gasteiger partial charge in [0.15, 0.2) is 0 Å². The number of allylic oxidation sites excluding steroid dienone is 1. The first-order chi connectivity index (χ1) is 11.5. The van der Waals surface area contributed by atoms with Crippen LogP contribution in [0.4, 0.5) is 4.39 Å². The topological polar surface area (TPSA) is 57.9 Å². The summed E-state index contributed by atoms with van der Waals surface area (Å²) in [5.74, 6) is -0.537. The average Bonchev–Trinajstić information content (AvgIpc) is 2.60. The molecule has 0 aliphatic heterocycles. The third-order valence-corrected chi connectivity index (χ3v) is 5.31. The number of hydrogen-bond donors (Lipinski definition) is 0. The van der Waals surface area contributed by atoms with Gasteiger partial charge in [-0.3, -0.25) is 0 Å². The monoisotopic (exact) mass is 337 g/mol. The lowest BCUT2D eigenvalue weighted by molar-refractivity contribution is 0.601. The van der Waals surface area contributed by atoms with Gasteiger partial charge in [-0.05, 0) is 46.7 Å². The Hall–Kier alpha value is -2.97. The molecule has 0 bridgehead atoms. The average molecular weight is 337 g/mol. The van der Waals surface area contributed by atoms with Crippen molar-refractivity contribution in [1.82, 2.24) is 0 Å². The van der Waals surface area contributed by atoms with Crippen LogP contribution in [0.1, 0.15) is 5.56 Å². The molecule has 118 valence electrons. The van der Waals surface area contributed by atoms with E-state index in [9.17, 15) is 18.1 Å². The maximum absolute atomic E-state index is 13.0. The minimum atomic E-state index is -4.00. The zero-order chi connectivity index (χ0) is 17.2. The van der Waals surface area contributed by atoms with E-state index in [1.165, 1.54) is 6.08 Å². The molecule has 0 heterocycles. The third-order valence-electron chi connectivity index (χ3n) is 3.63. The van der Waals surface area contributed by atoms with Crippen LogP contribution in [-0.2, 0) is 9.84 Å². The Bertz CT molecular complexity index is 1070. The van der Waals surface area contributed by atoms with Gasteiger partial charge in [0.05, 0.1) is 4.90 Å². The molecular weight excluding hydrogens is 325 g/mol. The van der Waals surface area contributed by atoms with E-state index >= 15 is 0 Å². The SMILES string of the molecule is N#CC(=Cc1cccc2ccccc12)S(=O)(=O)c1ccc(F)cc1. The Kier molecular flexibility index (Phi) is 4.15. The van der Waals surface area contributed by atoms with Crippen molar-refractivity contribution < 1.29 is 12.8 Å². The van der Waals surface area contributed by atoms with Gasteiger partial charge in [0.2, 0.25) is 9.84 Å². The molecule has 0 aliphatic carbocycles. The second kappa shape index (κ2) is 6.26. The van der Waals surface area contributed by atoms with Crippen LogP contribution < -0.4 is 0 Å². The van der Waals surface area contributed by atoms with E-state index < -0.39 is 15.7 Å². The lowest BCUT2D eigenvalue weighted by Gasteiger charge is -2.05. The van der Waals surface area contributed by atoms with Crippen LogP contribution >= 0.6 is 0 Å². The quantitative estimate of drug-likeness (QED) is 0.528. The highest BCUT2D eigenvalue weighted by molar-refractivity contribution is 7.95. The second-order valence-corrected chi connectivity index (χ2v) is 7.06. The summed E-state index contributed by atoms with van der Waals surface area (Å²) >= 11 is 0. The molecule has 0 saturated carbocycles. The number of nitrogens with zero attached hydrogens (tertiary/aromatic N) is 1. The molecule has 3 aromatic carbocycles. The van der Waals surface area contributed by atoms with Crippen LogP contribution in [0.2, 0.25) is 0 Å². The van der Waals surface area contributed by atoms with Crippen molar-refractivity contribution in [2.24, 2.45) is 0 Å². The maximum Gasteiger partial charge on any atom is 0.216 e. The number of nitriles is 1.